The summed E-state index contributed by atoms with van der Waals surface area (Å²) in [6.07, 6.45) is 4.35. The molecule has 1 aromatic rings. The van der Waals surface area contributed by atoms with Crippen molar-refractivity contribution in [2.45, 2.75) is 19.9 Å². The number of hydrogen-bond donors (Lipinski definition) is 2. The average molecular weight is 210 g/mol. The Morgan fingerprint density at radius 1 is 1.73 bits per heavy atom. The molecule has 1 unspecified atom stereocenters. The summed E-state index contributed by atoms with van der Waals surface area (Å²) in [5, 5.41) is 6.87. The number of aromatic nitrogens is 2. The Morgan fingerprint density at radius 3 is 3.00 bits per heavy atom. The Hall–Kier alpha value is -1.36. The molecule has 0 fully saturated rings. The summed E-state index contributed by atoms with van der Waals surface area (Å²) in [5.74, 6) is 0.0241. The Morgan fingerprint density at radius 2 is 2.47 bits per heavy atom. The molecule has 0 saturated carbocycles. The Bertz CT molecular complexity index is 321. The summed E-state index contributed by atoms with van der Waals surface area (Å²) < 4.78 is 1.71. The number of carbonyl (C=O) groups is 1. The van der Waals surface area contributed by atoms with Gasteiger partial charge in [0, 0.05) is 31.3 Å². The number of rotatable bonds is 5. The molecule has 84 valence electrons. The molecule has 1 amide bonds. The highest BCUT2D eigenvalue weighted by Crippen LogP contribution is 2.01. The molecule has 0 radical (unpaired) electrons. The van der Waals surface area contributed by atoms with Gasteiger partial charge in [-0.3, -0.25) is 9.48 Å². The summed E-state index contributed by atoms with van der Waals surface area (Å²) in [6.45, 7) is 2.95. The van der Waals surface area contributed by atoms with E-state index in [0.717, 1.165) is 12.0 Å². The van der Waals surface area contributed by atoms with Crippen LogP contribution in [0.5, 0.6) is 0 Å². The number of nitrogens with two attached hydrogens (primary N) is 1. The van der Waals surface area contributed by atoms with E-state index < -0.39 is 0 Å². The molecule has 0 saturated heterocycles. The van der Waals surface area contributed by atoms with Crippen molar-refractivity contribution < 1.29 is 4.79 Å². The molecule has 0 spiro atoms. The summed E-state index contributed by atoms with van der Waals surface area (Å²) >= 11 is 0. The van der Waals surface area contributed by atoms with Gasteiger partial charge in [0.25, 0.3) is 0 Å². The highest BCUT2D eigenvalue weighted by molar-refractivity contribution is 5.78. The van der Waals surface area contributed by atoms with Gasteiger partial charge in [0.2, 0.25) is 5.91 Å². The van der Waals surface area contributed by atoms with E-state index >= 15 is 0 Å². The van der Waals surface area contributed by atoms with Gasteiger partial charge in [0.15, 0.2) is 0 Å². The van der Waals surface area contributed by atoms with Crippen LogP contribution < -0.4 is 11.1 Å². The minimum atomic E-state index is -0.0216. The maximum Gasteiger partial charge on any atom is 0.223 e. The van der Waals surface area contributed by atoms with Crippen LogP contribution in [-0.2, 0) is 18.4 Å². The highest BCUT2D eigenvalue weighted by atomic mass is 16.1. The minimum absolute atomic E-state index is 0.0216. The molecule has 5 heteroatoms. The molecule has 3 N–H and O–H groups in total. The van der Waals surface area contributed by atoms with Gasteiger partial charge in [-0.15, -0.1) is 0 Å². The second kappa shape index (κ2) is 5.50. The minimum Gasteiger partial charge on any atom is -0.352 e. The van der Waals surface area contributed by atoms with Crippen LogP contribution in [-0.4, -0.2) is 22.2 Å². The highest BCUT2D eigenvalue weighted by Gasteiger charge is 2.11. The van der Waals surface area contributed by atoms with Crippen molar-refractivity contribution in [3.63, 3.8) is 0 Å². The van der Waals surface area contributed by atoms with Gasteiger partial charge in [0.05, 0.1) is 6.20 Å². The van der Waals surface area contributed by atoms with E-state index in [1.807, 2.05) is 20.2 Å². The molecule has 0 aliphatic heterocycles. The van der Waals surface area contributed by atoms with Crippen molar-refractivity contribution in [1.29, 1.82) is 0 Å². The molecular formula is C10H18N4O. The second-order valence-corrected chi connectivity index (χ2v) is 3.72. The SMILES string of the molecule is CC(CCN)C(=O)NCc1cnn(C)c1. The van der Waals surface area contributed by atoms with Crippen molar-refractivity contribution in [3.8, 4) is 0 Å². The smallest absolute Gasteiger partial charge is 0.223 e. The normalized spacial score (nSPS) is 12.5. The molecule has 5 nitrogen and oxygen atoms in total. The number of hydrogen-bond acceptors (Lipinski definition) is 3. The third-order valence-electron chi connectivity index (χ3n) is 2.27. The van der Waals surface area contributed by atoms with Gasteiger partial charge in [-0.25, -0.2) is 0 Å². The summed E-state index contributed by atoms with van der Waals surface area (Å²) in [5.41, 5.74) is 6.39. The largest absolute Gasteiger partial charge is 0.352 e. The fourth-order valence-corrected chi connectivity index (χ4v) is 1.31. The van der Waals surface area contributed by atoms with Crippen LogP contribution in [0.2, 0.25) is 0 Å². The standard InChI is InChI=1S/C10H18N4O/c1-8(3-4-11)10(15)12-5-9-6-13-14(2)7-9/h6-8H,3-5,11H2,1-2H3,(H,12,15). The van der Waals surface area contributed by atoms with Crippen molar-refractivity contribution in [1.82, 2.24) is 15.1 Å². The zero-order chi connectivity index (χ0) is 11.3. The second-order valence-electron chi connectivity index (χ2n) is 3.72. The fourth-order valence-electron chi connectivity index (χ4n) is 1.31. The molecule has 1 rings (SSSR count). The van der Waals surface area contributed by atoms with Crippen LogP contribution >= 0.6 is 0 Å². The van der Waals surface area contributed by atoms with Gasteiger partial charge in [0.1, 0.15) is 0 Å². The van der Waals surface area contributed by atoms with Crippen LogP contribution in [0, 0.1) is 5.92 Å². The van der Waals surface area contributed by atoms with Gasteiger partial charge >= 0.3 is 0 Å². The van der Waals surface area contributed by atoms with E-state index in [1.54, 1.807) is 10.9 Å². The lowest BCUT2D eigenvalue weighted by Gasteiger charge is -2.09. The molecule has 0 aromatic carbocycles. The zero-order valence-corrected chi connectivity index (χ0v) is 9.23. The van der Waals surface area contributed by atoms with Crippen molar-refractivity contribution in [2.24, 2.45) is 18.7 Å². The number of nitrogens with zero attached hydrogens (tertiary/aromatic N) is 2. The first-order valence-electron chi connectivity index (χ1n) is 5.08. The molecule has 15 heavy (non-hydrogen) atoms. The summed E-state index contributed by atoms with van der Waals surface area (Å²) in [6, 6.07) is 0. The molecule has 1 atom stereocenters. The molecule has 0 bridgehead atoms. The van der Waals surface area contributed by atoms with Gasteiger partial charge in [-0.1, -0.05) is 6.92 Å². The third kappa shape index (κ3) is 3.71. The first kappa shape index (κ1) is 11.7. The van der Waals surface area contributed by atoms with Crippen LogP contribution in [0.25, 0.3) is 0 Å². The molecule has 1 aromatic heterocycles. The molecular weight excluding hydrogens is 192 g/mol. The van der Waals surface area contributed by atoms with Gasteiger partial charge in [-0.05, 0) is 13.0 Å². The number of carbonyl (C=O) groups excluding carboxylic acids is 1. The van der Waals surface area contributed by atoms with Gasteiger partial charge < -0.3 is 11.1 Å². The quantitative estimate of drug-likeness (QED) is 0.719. The summed E-state index contributed by atoms with van der Waals surface area (Å²) in [7, 11) is 1.85. The Balaban J connectivity index is 2.34. The Labute approximate surface area is 89.6 Å². The summed E-state index contributed by atoms with van der Waals surface area (Å²) in [4.78, 5) is 11.5. The zero-order valence-electron chi connectivity index (χ0n) is 9.23. The monoisotopic (exact) mass is 210 g/mol. The van der Waals surface area contributed by atoms with Crippen LogP contribution in [0.15, 0.2) is 12.4 Å². The first-order chi connectivity index (χ1) is 7.13. The lowest BCUT2D eigenvalue weighted by atomic mass is 10.1. The van der Waals surface area contributed by atoms with Crippen LogP contribution in [0.1, 0.15) is 18.9 Å². The van der Waals surface area contributed by atoms with E-state index in [9.17, 15) is 4.79 Å². The molecule has 0 aliphatic carbocycles. The number of nitrogens with one attached hydrogen (secondary N) is 1. The maximum atomic E-state index is 11.5. The predicted octanol–water partition coefficient (Wildman–Crippen LogP) is 0.0212. The third-order valence-corrected chi connectivity index (χ3v) is 2.27. The lowest BCUT2D eigenvalue weighted by Crippen LogP contribution is -2.29. The molecule has 1 heterocycles. The van der Waals surface area contributed by atoms with Crippen molar-refractivity contribution in [3.05, 3.63) is 18.0 Å². The first-order valence-corrected chi connectivity index (χ1v) is 5.08. The molecule has 0 aliphatic rings. The Kier molecular flexibility index (Phi) is 4.30. The van der Waals surface area contributed by atoms with E-state index in [1.165, 1.54) is 0 Å². The fraction of sp³-hybridized carbons (Fsp3) is 0.600. The number of aryl methyl sites for hydroxylation is 1. The van der Waals surface area contributed by atoms with E-state index in [4.69, 9.17) is 5.73 Å². The number of amides is 1. The van der Waals surface area contributed by atoms with Crippen molar-refractivity contribution >= 4 is 5.91 Å². The van der Waals surface area contributed by atoms with Crippen LogP contribution in [0.3, 0.4) is 0 Å². The predicted molar refractivity (Wildman–Crippen MR) is 57.9 cm³/mol. The average Bonchev–Trinajstić information content (AvgIpc) is 2.61. The van der Waals surface area contributed by atoms with Gasteiger partial charge in [-0.2, -0.15) is 5.10 Å². The lowest BCUT2D eigenvalue weighted by molar-refractivity contribution is -0.124. The van der Waals surface area contributed by atoms with E-state index in [2.05, 4.69) is 10.4 Å². The van der Waals surface area contributed by atoms with Crippen molar-refractivity contribution in [2.75, 3.05) is 6.54 Å². The topological polar surface area (TPSA) is 72.9 Å². The van der Waals surface area contributed by atoms with E-state index in [0.29, 0.717) is 13.1 Å². The van der Waals surface area contributed by atoms with Crippen LogP contribution in [0.4, 0.5) is 0 Å². The van der Waals surface area contributed by atoms with E-state index in [-0.39, 0.29) is 11.8 Å². The maximum absolute atomic E-state index is 11.5.